The molecule has 186 valence electrons. The number of carbonyl (C=O) groups excluding carboxylic acids is 2. The first-order chi connectivity index (χ1) is 15.8. The summed E-state index contributed by atoms with van der Waals surface area (Å²) in [5, 5.41) is 2.55. The van der Waals surface area contributed by atoms with Crippen molar-refractivity contribution in [3.63, 3.8) is 0 Å². The molecular weight excluding hydrogens is 454 g/mol. The topological polar surface area (TPSA) is 96.0 Å². The lowest BCUT2D eigenvalue weighted by Crippen LogP contribution is -2.50. The number of carbonyl (C=O) groups is 2. The summed E-state index contributed by atoms with van der Waals surface area (Å²) in [6.45, 7) is 7.49. The summed E-state index contributed by atoms with van der Waals surface area (Å²) in [5.41, 5.74) is 2.09. The van der Waals surface area contributed by atoms with Crippen LogP contribution in [0.2, 0.25) is 0 Å². The third kappa shape index (κ3) is 6.96. The zero-order valence-corrected chi connectivity index (χ0v) is 21.8. The number of nitrogens with one attached hydrogen (secondary N) is 1. The molecule has 2 rings (SSSR count). The van der Waals surface area contributed by atoms with Gasteiger partial charge in [0, 0.05) is 13.6 Å². The number of hydrogen-bond acceptors (Lipinski definition) is 5. The summed E-state index contributed by atoms with van der Waals surface area (Å²) < 4.78 is 31.6. The Morgan fingerprint density at radius 3 is 2.21 bits per heavy atom. The Morgan fingerprint density at radius 2 is 1.71 bits per heavy atom. The Morgan fingerprint density at radius 1 is 1.09 bits per heavy atom. The second-order valence-corrected chi connectivity index (χ2v) is 11.1. The van der Waals surface area contributed by atoms with Crippen LogP contribution in [0.4, 0.5) is 5.69 Å². The van der Waals surface area contributed by atoms with Gasteiger partial charge in [-0.1, -0.05) is 45.0 Å². The number of anilines is 1. The molecule has 0 spiro atoms. The summed E-state index contributed by atoms with van der Waals surface area (Å²) in [5.74, 6) is -0.227. The van der Waals surface area contributed by atoms with Gasteiger partial charge in [-0.15, -0.1) is 0 Å². The molecule has 1 atom stereocenters. The van der Waals surface area contributed by atoms with Gasteiger partial charge in [-0.2, -0.15) is 0 Å². The molecule has 0 aliphatic carbocycles. The number of likely N-dealkylation sites (N-methyl/N-ethyl adjacent to an activating group) is 1. The van der Waals surface area contributed by atoms with Crippen LogP contribution in [-0.2, 0) is 31.6 Å². The fourth-order valence-corrected chi connectivity index (χ4v) is 4.35. The van der Waals surface area contributed by atoms with E-state index < -0.39 is 28.5 Å². The van der Waals surface area contributed by atoms with E-state index >= 15 is 0 Å². The molecule has 0 bridgehead atoms. The largest absolute Gasteiger partial charge is 0.497 e. The Bertz CT molecular complexity index is 1110. The molecule has 0 fully saturated rings. The van der Waals surface area contributed by atoms with E-state index in [0.29, 0.717) is 11.4 Å². The molecule has 1 unspecified atom stereocenters. The summed E-state index contributed by atoms with van der Waals surface area (Å²) >= 11 is 0. The lowest BCUT2D eigenvalue weighted by atomic mass is 9.87. The molecule has 1 N–H and O–H groups in total. The van der Waals surface area contributed by atoms with Crippen LogP contribution in [0.5, 0.6) is 5.75 Å². The summed E-state index contributed by atoms with van der Waals surface area (Å²) in [7, 11) is -0.726. The van der Waals surface area contributed by atoms with Crippen molar-refractivity contribution in [1.82, 2.24) is 10.2 Å². The van der Waals surface area contributed by atoms with Gasteiger partial charge in [0.25, 0.3) is 0 Å². The highest BCUT2D eigenvalue weighted by molar-refractivity contribution is 7.92. The van der Waals surface area contributed by atoms with Crippen LogP contribution in [0.3, 0.4) is 0 Å². The van der Waals surface area contributed by atoms with Gasteiger partial charge in [-0.05, 0) is 47.7 Å². The van der Waals surface area contributed by atoms with Crippen molar-refractivity contribution in [2.75, 3.05) is 31.3 Å². The Kier molecular flexibility index (Phi) is 8.72. The normalized spacial score (nSPS) is 12.6. The average molecular weight is 490 g/mol. The highest BCUT2D eigenvalue weighted by Crippen LogP contribution is 2.26. The number of amides is 2. The molecule has 0 radical (unpaired) electrons. The standard InChI is InChI=1S/C25H35N3O5S/c1-18(24(30)26-5)27(16-19-9-8-10-22(15-19)33-6)23(29)17-28(34(7,31)32)21-13-11-20(12-14-21)25(2,3)4/h8-15,18H,16-17H2,1-7H3,(H,26,30). The summed E-state index contributed by atoms with van der Waals surface area (Å²) in [4.78, 5) is 27.2. The molecule has 0 aromatic heterocycles. The van der Waals surface area contributed by atoms with Gasteiger partial charge < -0.3 is 15.0 Å². The van der Waals surface area contributed by atoms with E-state index in [1.54, 1.807) is 44.4 Å². The molecule has 2 aromatic carbocycles. The third-order valence-electron chi connectivity index (χ3n) is 5.60. The molecule has 0 heterocycles. The lowest BCUT2D eigenvalue weighted by molar-refractivity contribution is -0.139. The molecule has 9 heteroatoms. The monoisotopic (exact) mass is 489 g/mol. The number of rotatable bonds is 9. The quantitative estimate of drug-likeness (QED) is 0.584. The van der Waals surface area contributed by atoms with Crippen LogP contribution >= 0.6 is 0 Å². The zero-order valence-electron chi connectivity index (χ0n) is 21.0. The predicted molar refractivity (Wildman–Crippen MR) is 134 cm³/mol. The number of ether oxygens (including phenoxy) is 1. The van der Waals surface area contributed by atoms with Gasteiger partial charge in [0.1, 0.15) is 18.3 Å². The van der Waals surface area contributed by atoms with E-state index in [-0.39, 0.29) is 17.9 Å². The Balaban J connectivity index is 2.39. The summed E-state index contributed by atoms with van der Waals surface area (Å²) in [6.07, 6.45) is 1.06. The van der Waals surface area contributed by atoms with E-state index in [4.69, 9.17) is 4.74 Å². The molecule has 2 aromatic rings. The number of methoxy groups -OCH3 is 1. The van der Waals surface area contributed by atoms with Crippen LogP contribution in [0.25, 0.3) is 0 Å². The van der Waals surface area contributed by atoms with E-state index in [0.717, 1.165) is 21.7 Å². The van der Waals surface area contributed by atoms with Crippen LogP contribution in [0.1, 0.15) is 38.8 Å². The highest BCUT2D eigenvalue weighted by atomic mass is 32.2. The highest BCUT2D eigenvalue weighted by Gasteiger charge is 2.30. The first-order valence-corrected chi connectivity index (χ1v) is 12.8. The summed E-state index contributed by atoms with van der Waals surface area (Å²) in [6, 6.07) is 13.5. The van der Waals surface area contributed by atoms with E-state index in [2.05, 4.69) is 26.1 Å². The van der Waals surface area contributed by atoms with Crippen molar-refractivity contribution in [1.29, 1.82) is 0 Å². The maximum atomic E-state index is 13.4. The van der Waals surface area contributed by atoms with Crippen molar-refractivity contribution >= 4 is 27.5 Å². The second-order valence-electron chi connectivity index (χ2n) is 9.23. The van der Waals surface area contributed by atoms with E-state index in [1.165, 1.54) is 11.9 Å². The first kappa shape index (κ1) is 27.2. The number of benzene rings is 2. The SMILES string of the molecule is CNC(=O)C(C)N(Cc1cccc(OC)c1)C(=O)CN(c1ccc(C(C)(C)C)cc1)S(C)(=O)=O. The van der Waals surface area contributed by atoms with Crippen LogP contribution < -0.4 is 14.4 Å². The van der Waals surface area contributed by atoms with Gasteiger partial charge >= 0.3 is 0 Å². The maximum Gasteiger partial charge on any atom is 0.244 e. The minimum absolute atomic E-state index is 0.0965. The van der Waals surface area contributed by atoms with Gasteiger partial charge in [0.15, 0.2) is 0 Å². The molecule has 0 aliphatic heterocycles. The Labute approximate surface area is 202 Å². The van der Waals surface area contributed by atoms with Crippen molar-refractivity contribution < 1.29 is 22.7 Å². The first-order valence-electron chi connectivity index (χ1n) is 11.0. The molecule has 8 nitrogen and oxygen atoms in total. The second kappa shape index (κ2) is 10.9. The van der Waals surface area contributed by atoms with Crippen molar-refractivity contribution in [2.45, 2.75) is 45.7 Å². The average Bonchev–Trinajstić information content (AvgIpc) is 2.78. The van der Waals surface area contributed by atoms with Crippen LogP contribution in [-0.4, -0.2) is 58.1 Å². The predicted octanol–water partition coefficient (Wildman–Crippen LogP) is 2.92. The maximum absolute atomic E-state index is 13.4. The molecule has 0 saturated carbocycles. The van der Waals surface area contributed by atoms with E-state index in [9.17, 15) is 18.0 Å². The number of hydrogen-bond donors (Lipinski definition) is 1. The fraction of sp³-hybridized carbons (Fsp3) is 0.440. The number of sulfonamides is 1. The minimum atomic E-state index is -3.76. The van der Waals surface area contributed by atoms with Gasteiger partial charge in [-0.3, -0.25) is 13.9 Å². The molecule has 34 heavy (non-hydrogen) atoms. The smallest absolute Gasteiger partial charge is 0.244 e. The third-order valence-corrected chi connectivity index (χ3v) is 6.74. The molecule has 0 saturated heterocycles. The molecule has 2 amide bonds. The lowest BCUT2D eigenvalue weighted by Gasteiger charge is -2.31. The molecule has 0 aliphatic rings. The van der Waals surface area contributed by atoms with Crippen molar-refractivity contribution in [3.05, 3.63) is 59.7 Å². The van der Waals surface area contributed by atoms with Gasteiger partial charge in [-0.25, -0.2) is 8.42 Å². The van der Waals surface area contributed by atoms with Crippen molar-refractivity contribution in [3.8, 4) is 5.75 Å². The van der Waals surface area contributed by atoms with Crippen LogP contribution in [0, 0.1) is 0 Å². The fourth-order valence-electron chi connectivity index (χ4n) is 3.50. The number of nitrogens with zero attached hydrogens (tertiary/aromatic N) is 2. The van der Waals surface area contributed by atoms with E-state index in [1.807, 2.05) is 18.2 Å². The minimum Gasteiger partial charge on any atom is -0.497 e. The zero-order chi connectivity index (χ0) is 25.7. The van der Waals surface area contributed by atoms with Crippen LogP contribution in [0.15, 0.2) is 48.5 Å². The van der Waals surface area contributed by atoms with Gasteiger partial charge in [0.05, 0.1) is 19.1 Å². The van der Waals surface area contributed by atoms with Crippen molar-refractivity contribution in [2.24, 2.45) is 0 Å². The van der Waals surface area contributed by atoms with Gasteiger partial charge in [0.2, 0.25) is 21.8 Å². The Hall–Kier alpha value is -3.07. The molecular formula is C25H35N3O5S.